The molecule has 1 saturated heterocycles. The largest absolute Gasteiger partial charge is 0.497 e. The molecule has 0 bridgehead atoms. The average Bonchev–Trinajstić information content (AvgIpc) is 2.66. The molecule has 1 amide bonds. The fourth-order valence-corrected chi connectivity index (χ4v) is 3.08. The van der Waals surface area contributed by atoms with Gasteiger partial charge in [0.1, 0.15) is 23.4 Å². The van der Waals surface area contributed by atoms with E-state index < -0.39 is 0 Å². The maximum atomic E-state index is 12.5. The Hall–Kier alpha value is -2.83. The molecule has 0 aliphatic carbocycles. The van der Waals surface area contributed by atoms with E-state index in [4.69, 9.17) is 14.2 Å². The summed E-state index contributed by atoms with van der Waals surface area (Å²) in [6, 6.07) is 9.00. The second kappa shape index (κ2) is 8.70. The SMILES string of the molecule is COc1ccc(OCC(=O)N2CCCC(Oc3cc(C)nc(C)n3)C2)cc1. The fourth-order valence-electron chi connectivity index (χ4n) is 3.08. The van der Waals surface area contributed by atoms with Gasteiger partial charge in [0.15, 0.2) is 6.61 Å². The molecule has 1 aliphatic rings. The summed E-state index contributed by atoms with van der Waals surface area (Å²) in [6.07, 6.45) is 1.71. The van der Waals surface area contributed by atoms with Crippen LogP contribution in [0.15, 0.2) is 30.3 Å². The maximum Gasteiger partial charge on any atom is 0.260 e. The van der Waals surface area contributed by atoms with Gasteiger partial charge in [-0.05, 0) is 51.0 Å². The van der Waals surface area contributed by atoms with Crippen molar-refractivity contribution in [3.05, 3.63) is 41.9 Å². The van der Waals surface area contributed by atoms with Crippen LogP contribution >= 0.6 is 0 Å². The molecular formula is C20H25N3O4. The highest BCUT2D eigenvalue weighted by Gasteiger charge is 2.25. The van der Waals surface area contributed by atoms with Gasteiger partial charge in [0.2, 0.25) is 5.88 Å². The monoisotopic (exact) mass is 371 g/mol. The number of hydrogen-bond acceptors (Lipinski definition) is 6. The lowest BCUT2D eigenvalue weighted by Gasteiger charge is -2.32. The van der Waals surface area contributed by atoms with E-state index in [9.17, 15) is 4.79 Å². The Morgan fingerprint density at radius 1 is 1.19 bits per heavy atom. The van der Waals surface area contributed by atoms with Crippen LogP contribution in [0.4, 0.5) is 0 Å². The van der Waals surface area contributed by atoms with E-state index >= 15 is 0 Å². The molecule has 1 aromatic carbocycles. The first kappa shape index (κ1) is 18.9. The fraction of sp³-hybridized carbons (Fsp3) is 0.450. The van der Waals surface area contributed by atoms with Crippen molar-refractivity contribution in [2.24, 2.45) is 0 Å². The van der Waals surface area contributed by atoms with Crippen molar-refractivity contribution in [2.45, 2.75) is 32.8 Å². The molecule has 7 heteroatoms. The molecule has 1 aliphatic heterocycles. The van der Waals surface area contributed by atoms with Crippen LogP contribution in [0.25, 0.3) is 0 Å². The Bertz CT molecular complexity index is 759. The number of rotatable bonds is 6. The van der Waals surface area contributed by atoms with Crippen LogP contribution in [0.1, 0.15) is 24.4 Å². The summed E-state index contributed by atoms with van der Waals surface area (Å²) in [5.41, 5.74) is 0.870. The maximum absolute atomic E-state index is 12.5. The number of aromatic nitrogens is 2. The second-order valence-electron chi connectivity index (χ2n) is 6.58. The van der Waals surface area contributed by atoms with Crippen molar-refractivity contribution in [3.63, 3.8) is 0 Å². The van der Waals surface area contributed by atoms with Crippen LogP contribution in [0.5, 0.6) is 17.4 Å². The van der Waals surface area contributed by atoms with Crippen LogP contribution in [-0.2, 0) is 4.79 Å². The third kappa shape index (κ3) is 5.32. The van der Waals surface area contributed by atoms with Crippen molar-refractivity contribution in [2.75, 3.05) is 26.8 Å². The number of ether oxygens (including phenoxy) is 3. The number of aryl methyl sites for hydroxylation is 2. The summed E-state index contributed by atoms with van der Waals surface area (Å²) in [7, 11) is 1.61. The van der Waals surface area contributed by atoms with E-state index in [-0.39, 0.29) is 18.6 Å². The zero-order valence-electron chi connectivity index (χ0n) is 16.0. The minimum absolute atomic E-state index is 0.00473. The molecular weight excluding hydrogens is 346 g/mol. The number of nitrogens with zero attached hydrogens (tertiary/aromatic N) is 3. The quantitative estimate of drug-likeness (QED) is 0.777. The first-order valence-electron chi connectivity index (χ1n) is 9.07. The Morgan fingerprint density at radius 2 is 1.93 bits per heavy atom. The van der Waals surface area contributed by atoms with Crippen LogP contribution in [-0.4, -0.2) is 53.7 Å². The molecule has 1 aromatic heterocycles. The normalized spacial score (nSPS) is 16.7. The molecule has 2 heterocycles. The molecule has 1 unspecified atom stereocenters. The van der Waals surface area contributed by atoms with Gasteiger partial charge in [-0.2, -0.15) is 4.98 Å². The summed E-state index contributed by atoms with van der Waals surface area (Å²) in [5.74, 6) is 2.59. The van der Waals surface area contributed by atoms with Gasteiger partial charge >= 0.3 is 0 Å². The molecule has 2 aromatic rings. The molecule has 144 valence electrons. The van der Waals surface area contributed by atoms with Crippen molar-refractivity contribution in [1.82, 2.24) is 14.9 Å². The van der Waals surface area contributed by atoms with E-state index in [1.165, 1.54) is 0 Å². The first-order valence-corrected chi connectivity index (χ1v) is 9.07. The topological polar surface area (TPSA) is 73.8 Å². The smallest absolute Gasteiger partial charge is 0.260 e. The Kier molecular flexibility index (Phi) is 6.11. The van der Waals surface area contributed by atoms with Gasteiger partial charge in [-0.3, -0.25) is 4.79 Å². The van der Waals surface area contributed by atoms with Gasteiger partial charge in [-0.1, -0.05) is 0 Å². The van der Waals surface area contributed by atoms with E-state index in [0.717, 1.165) is 24.3 Å². The lowest BCUT2D eigenvalue weighted by Crippen LogP contribution is -2.46. The minimum atomic E-state index is -0.0719. The molecule has 27 heavy (non-hydrogen) atoms. The molecule has 0 N–H and O–H groups in total. The number of hydrogen-bond donors (Lipinski definition) is 0. The predicted molar refractivity (Wildman–Crippen MR) is 100 cm³/mol. The molecule has 0 saturated carbocycles. The average molecular weight is 371 g/mol. The standard InChI is InChI=1S/C20H25N3O4/c1-14-11-19(22-15(2)21-14)27-18-5-4-10-23(12-18)20(24)13-26-17-8-6-16(25-3)7-9-17/h6-9,11,18H,4-5,10,12-13H2,1-3H3. The highest BCUT2D eigenvalue weighted by atomic mass is 16.5. The number of amides is 1. The minimum Gasteiger partial charge on any atom is -0.497 e. The molecule has 1 atom stereocenters. The lowest BCUT2D eigenvalue weighted by atomic mass is 10.1. The summed E-state index contributed by atoms with van der Waals surface area (Å²) in [5, 5.41) is 0. The van der Waals surface area contributed by atoms with Gasteiger partial charge in [0.05, 0.1) is 13.7 Å². The molecule has 0 radical (unpaired) electrons. The zero-order chi connectivity index (χ0) is 19.2. The van der Waals surface area contributed by atoms with E-state index in [2.05, 4.69) is 9.97 Å². The van der Waals surface area contributed by atoms with E-state index in [0.29, 0.717) is 30.5 Å². The molecule has 0 spiro atoms. The van der Waals surface area contributed by atoms with Gasteiger partial charge in [-0.25, -0.2) is 4.98 Å². The number of carbonyl (C=O) groups excluding carboxylic acids is 1. The van der Waals surface area contributed by atoms with E-state index in [1.807, 2.05) is 19.9 Å². The van der Waals surface area contributed by atoms with Crippen molar-refractivity contribution >= 4 is 5.91 Å². The summed E-state index contributed by atoms with van der Waals surface area (Å²) >= 11 is 0. The van der Waals surface area contributed by atoms with Crippen molar-refractivity contribution < 1.29 is 19.0 Å². The highest BCUT2D eigenvalue weighted by Crippen LogP contribution is 2.19. The Balaban J connectivity index is 1.52. The second-order valence-corrected chi connectivity index (χ2v) is 6.58. The van der Waals surface area contributed by atoms with Gasteiger partial charge in [-0.15, -0.1) is 0 Å². The summed E-state index contributed by atoms with van der Waals surface area (Å²) in [4.78, 5) is 22.9. The number of piperidine rings is 1. The van der Waals surface area contributed by atoms with Gasteiger partial charge in [0, 0.05) is 18.3 Å². The first-order chi connectivity index (χ1) is 13.0. The van der Waals surface area contributed by atoms with Crippen LogP contribution in [0.3, 0.4) is 0 Å². The predicted octanol–water partition coefficient (Wildman–Crippen LogP) is 2.55. The van der Waals surface area contributed by atoms with Gasteiger partial charge in [0.25, 0.3) is 5.91 Å². The number of methoxy groups -OCH3 is 1. The Morgan fingerprint density at radius 3 is 2.63 bits per heavy atom. The van der Waals surface area contributed by atoms with Crippen LogP contribution in [0, 0.1) is 13.8 Å². The highest BCUT2D eigenvalue weighted by molar-refractivity contribution is 5.77. The van der Waals surface area contributed by atoms with E-state index in [1.54, 1.807) is 36.3 Å². The van der Waals surface area contributed by atoms with Crippen LogP contribution in [0.2, 0.25) is 0 Å². The number of carbonyl (C=O) groups is 1. The molecule has 7 nitrogen and oxygen atoms in total. The summed E-state index contributed by atoms with van der Waals surface area (Å²) < 4.78 is 16.7. The molecule has 3 rings (SSSR count). The Labute approximate surface area is 159 Å². The third-order valence-electron chi connectivity index (χ3n) is 4.38. The van der Waals surface area contributed by atoms with Crippen molar-refractivity contribution in [3.8, 4) is 17.4 Å². The van der Waals surface area contributed by atoms with Crippen molar-refractivity contribution in [1.29, 1.82) is 0 Å². The number of likely N-dealkylation sites (tertiary alicyclic amines) is 1. The van der Waals surface area contributed by atoms with Gasteiger partial charge < -0.3 is 19.1 Å². The van der Waals surface area contributed by atoms with Crippen LogP contribution < -0.4 is 14.2 Å². The molecule has 1 fully saturated rings. The zero-order valence-corrected chi connectivity index (χ0v) is 16.0. The lowest BCUT2D eigenvalue weighted by molar-refractivity contribution is -0.136. The summed E-state index contributed by atoms with van der Waals surface area (Å²) in [6.45, 7) is 5.01. The third-order valence-corrected chi connectivity index (χ3v) is 4.38. The number of benzene rings is 1.